The number of hydrogen-bond acceptors (Lipinski definition) is 1. The van der Waals surface area contributed by atoms with Crippen LogP contribution >= 0.6 is 0 Å². The van der Waals surface area contributed by atoms with Crippen molar-refractivity contribution in [3.63, 3.8) is 0 Å². The molecule has 0 aromatic rings. The molecule has 0 spiro atoms. The molecule has 0 aliphatic heterocycles. The second-order valence-electron chi connectivity index (χ2n) is 2.70. The topological polar surface area (TPSA) is 23.9 Å². The van der Waals surface area contributed by atoms with Crippen molar-refractivity contribution in [3.8, 4) is 0 Å². The summed E-state index contributed by atoms with van der Waals surface area (Å²) in [6, 6.07) is 0. The summed E-state index contributed by atoms with van der Waals surface area (Å²) in [5.41, 5.74) is 0. The van der Waals surface area contributed by atoms with Gasteiger partial charge in [0, 0.05) is 0 Å². The van der Waals surface area contributed by atoms with Crippen molar-refractivity contribution >= 4 is 20.6 Å². The molecule has 0 saturated heterocycles. The Morgan fingerprint density at radius 1 is 1.22 bits per heavy atom. The molecule has 0 aromatic heterocycles. The van der Waals surface area contributed by atoms with Crippen molar-refractivity contribution in [2.24, 2.45) is 5.92 Å². The molecule has 0 amide bonds. The first kappa shape index (κ1) is 7.30. The first-order valence-electron chi connectivity index (χ1n) is 3.56. The summed E-state index contributed by atoms with van der Waals surface area (Å²) < 4.78 is 0.773. The van der Waals surface area contributed by atoms with Crippen LogP contribution in [0.3, 0.4) is 0 Å². The summed E-state index contributed by atoms with van der Waals surface area (Å²) in [6.07, 6.45) is 6.52. The number of rotatable bonds is 1. The van der Waals surface area contributed by atoms with Crippen LogP contribution in [0, 0.1) is 11.3 Å². The molecule has 1 saturated carbocycles. The van der Waals surface area contributed by atoms with Gasteiger partial charge in [-0.05, 0) is 0 Å². The molecule has 0 atom stereocenters. The van der Waals surface area contributed by atoms with Gasteiger partial charge in [0.15, 0.2) is 0 Å². The van der Waals surface area contributed by atoms with Gasteiger partial charge in [0.2, 0.25) is 0 Å². The van der Waals surface area contributed by atoms with Crippen LogP contribution < -0.4 is 0 Å². The summed E-state index contributed by atoms with van der Waals surface area (Å²) >= 11 is 2.79. The van der Waals surface area contributed by atoms with E-state index in [2.05, 4.69) is 16.0 Å². The Labute approximate surface area is 64.5 Å². The third kappa shape index (κ3) is 2.11. The molecule has 0 heterocycles. The summed E-state index contributed by atoms with van der Waals surface area (Å²) in [5, 5.41) is 7.33. The second kappa shape index (κ2) is 3.38. The van der Waals surface area contributed by atoms with Crippen molar-refractivity contribution in [1.29, 1.82) is 5.41 Å². The minimum atomic E-state index is 0.582. The fraction of sp³-hybridized carbons (Fsp3) is 0.857. The Balaban J connectivity index is 2.31. The van der Waals surface area contributed by atoms with Gasteiger partial charge in [0.05, 0.1) is 0 Å². The Morgan fingerprint density at radius 3 is 2.11 bits per heavy atom. The van der Waals surface area contributed by atoms with Gasteiger partial charge in [-0.1, -0.05) is 0 Å². The minimum absolute atomic E-state index is 0.582. The van der Waals surface area contributed by atoms with Crippen molar-refractivity contribution in [1.82, 2.24) is 0 Å². The van der Waals surface area contributed by atoms with Crippen LogP contribution in [0.2, 0.25) is 0 Å². The first-order chi connectivity index (χ1) is 4.30. The molecule has 1 nitrogen and oxygen atoms in total. The molecular formula is C7H12NSe. The van der Waals surface area contributed by atoms with Crippen LogP contribution in [0.5, 0.6) is 0 Å². The second-order valence-corrected chi connectivity index (χ2v) is 3.62. The molecule has 9 heavy (non-hydrogen) atoms. The molecule has 2 heteroatoms. The molecular weight excluding hydrogens is 177 g/mol. The van der Waals surface area contributed by atoms with E-state index in [9.17, 15) is 0 Å². The Hall–Kier alpha value is 0.189. The molecule has 1 rings (SSSR count). The molecule has 1 aliphatic carbocycles. The maximum absolute atomic E-state index is 7.33. The Kier molecular flexibility index (Phi) is 2.74. The third-order valence-corrected chi connectivity index (χ3v) is 2.68. The van der Waals surface area contributed by atoms with Gasteiger partial charge in [-0.2, -0.15) is 0 Å². The van der Waals surface area contributed by atoms with Gasteiger partial charge in [0.25, 0.3) is 0 Å². The average Bonchev–Trinajstić information content (AvgIpc) is 1.90. The van der Waals surface area contributed by atoms with E-state index in [1.54, 1.807) is 0 Å². The molecule has 1 radical (unpaired) electrons. The molecule has 1 N–H and O–H groups in total. The predicted octanol–water partition coefficient (Wildman–Crippen LogP) is 1.71. The normalized spacial score (nSPS) is 21.8. The van der Waals surface area contributed by atoms with Crippen LogP contribution in [0.25, 0.3) is 0 Å². The van der Waals surface area contributed by atoms with E-state index in [0.717, 1.165) is 4.61 Å². The van der Waals surface area contributed by atoms with E-state index in [-0.39, 0.29) is 0 Å². The zero-order valence-corrected chi connectivity index (χ0v) is 7.23. The zero-order chi connectivity index (χ0) is 6.69. The fourth-order valence-corrected chi connectivity index (χ4v) is 1.86. The Morgan fingerprint density at radius 2 is 1.78 bits per heavy atom. The summed E-state index contributed by atoms with van der Waals surface area (Å²) in [7, 11) is 0. The van der Waals surface area contributed by atoms with E-state index in [1.165, 1.54) is 32.1 Å². The van der Waals surface area contributed by atoms with E-state index in [0.29, 0.717) is 5.92 Å². The maximum atomic E-state index is 7.33. The van der Waals surface area contributed by atoms with Crippen LogP contribution in [0.1, 0.15) is 32.1 Å². The zero-order valence-electron chi connectivity index (χ0n) is 5.52. The molecule has 0 unspecified atom stereocenters. The van der Waals surface area contributed by atoms with Crippen molar-refractivity contribution in [3.05, 3.63) is 0 Å². The first-order valence-corrected chi connectivity index (χ1v) is 4.42. The molecule has 0 bridgehead atoms. The SMILES string of the molecule is N=C([Se])C1CCCCC1. The van der Waals surface area contributed by atoms with Crippen LogP contribution in [0.4, 0.5) is 0 Å². The summed E-state index contributed by atoms with van der Waals surface area (Å²) in [5.74, 6) is 0.582. The monoisotopic (exact) mass is 190 g/mol. The summed E-state index contributed by atoms with van der Waals surface area (Å²) in [4.78, 5) is 0. The van der Waals surface area contributed by atoms with Gasteiger partial charge >= 0.3 is 64.1 Å². The van der Waals surface area contributed by atoms with Gasteiger partial charge in [-0.15, -0.1) is 0 Å². The van der Waals surface area contributed by atoms with Gasteiger partial charge in [0.1, 0.15) is 0 Å². The van der Waals surface area contributed by atoms with E-state index >= 15 is 0 Å². The van der Waals surface area contributed by atoms with E-state index in [4.69, 9.17) is 5.41 Å². The molecule has 51 valence electrons. The van der Waals surface area contributed by atoms with E-state index in [1.807, 2.05) is 0 Å². The standard InChI is InChI=1S/C7H12NSe/c8-7(9)6-4-2-1-3-5-6/h6,8H,1-5H2. The van der Waals surface area contributed by atoms with Crippen molar-refractivity contribution in [2.75, 3.05) is 0 Å². The van der Waals surface area contributed by atoms with Crippen LogP contribution in [-0.4, -0.2) is 20.6 Å². The summed E-state index contributed by atoms with van der Waals surface area (Å²) in [6.45, 7) is 0. The number of hydrogen-bond donors (Lipinski definition) is 1. The molecule has 1 aliphatic rings. The van der Waals surface area contributed by atoms with Crippen molar-refractivity contribution < 1.29 is 0 Å². The van der Waals surface area contributed by atoms with Gasteiger partial charge in [-0.25, -0.2) is 0 Å². The Bertz CT molecular complexity index is 105. The number of nitrogens with one attached hydrogen (secondary N) is 1. The van der Waals surface area contributed by atoms with E-state index < -0.39 is 0 Å². The quantitative estimate of drug-likeness (QED) is 0.479. The van der Waals surface area contributed by atoms with Gasteiger partial charge < -0.3 is 0 Å². The predicted molar refractivity (Wildman–Crippen MR) is 40.1 cm³/mol. The third-order valence-electron chi connectivity index (χ3n) is 1.98. The van der Waals surface area contributed by atoms with Crippen LogP contribution in [-0.2, 0) is 0 Å². The molecule has 0 aromatic carbocycles. The average molecular weight is 189 g/mol. The van der Waals surface area contributed by atoms with Gasteiger partial charge in [-0.3, -0.25) is 0 Å². The molecule has 1 fully saturated rings. The fourth-order valence-electron chi connectivity index (χ4n) is 1.36. The van der Waals surface area contributed by atoms with Crippen LogP contribution in [0.15, 0.2) is 0 Å². The van der Waals surface area contributed by atoms with Crippen molar-refractivity contribution in [2.45, 2.75) is 32.1 Å².